The number of hydrogen-bond donors (Lipinski definition) is 0. The highest BCUT2D eigenvalue weighted by Gasteiger charge is 2.17. The molecule has 0 aliphatic heterocycles. The fourth-order valence-corrected chi connectivity index (χ4v) is 1.59. The van der Waals surface area contributed by atoms with Crippen LogP contribution in [0.15, 0.2) is 24.8 Å². The molecule has 1 heteroatoms. The molecule has 0 aromatic rings. The highest BCUT2D eigenvalue weighted by Crippen LogP contribution is 2.25. The van der Waals surface area contributed by atoms with Crippen molar-refractivity contribution in [1.82, 2.24) is 0 Å². The van der Waals surface area contributed by atoms with Gasteiger partial charge in [0, 0.05) is 6.42 Å². The van der Waals surface area contributed by atoms with Crippen LogP contribution in [0.3, 0.4) is 0 Å². The predicted molar refractivity (Wildman–Crippen MR) is 50.8 cm³/mol. The van der Waals surface area contributed by atoms with Crippen LogP contribution in [-0.4, -0.2) is 5.78 Å². The van der Waals surface area contributed by atoms with Crippen molar-refractivity contribution >= 4 is 5.78 Å². The number of allylic oxidation sites excluding steroid dienone is 3. The van der Waals surface area contributed by atoms with Gasteiger partial charge in [0.25, 0.3) is 0 Å². The molecular weight excluding hydrogens is 148 g/mol. The quantitative estimate of drug-likeness (QED) is 0.573. The first kappa shape index (κ1) is 9.24. The van der Waals surface area contributed by atoms with Crippen molar-refractivity contribution in [2.45, 2.75) is 26.2 Å². The summed E-state index contributed by atoms with van der Waals surface area (Å²) in [7, 11) is 0. The summed E-state index contributed by atoms with van der Waals surface area (Å²) < 4.78 is 0. The van der Waals surface area contributed by atoms with Gasteiger partial charge in [0.1, 0.15) is 0 Å². The van der Waals surface area contributed by atoms with Crippen molar-refractivity contribution in [3.8, 4) is 0 Å². The molecule has 1 rings (SSSR count). The van der Waals surface area contributed by atoms with Gasteiger partial charge in [0.2, 0.25) is 0 Å². The molecule has 12 heavy (non-hydrogen) atoms. The second-order valence-corrected chi connectivity index (χ2v) is 3.53. The van der Waals surface area contributed by atoms with Crippen molar-refractivity contribution in [3.05, 3.63) is 24.8 Å². The van der Waals surface area contributed by atoms with Crippen LogP contribution in [-0.2, 0) is 4.79 Å². The SMILES string of the molecule is C=CC[C@@H]1C=CC(=O)CC[C@H]1C. The molecule has 0 fully saturated rings. The van der Waals surface area contributed by atoms with Gasteiger partial charge in [-0.2, -0.15) is 0 Å². The van der Waals surface area contributed by atoms with Crippen LogP contribution in [0.1, 0.15) is 26.2 Å². The minimum atomic E-state index is 0.272. The van der Waals surface area contributed by atoms with Gasteiger partial charge in [-0.1, -0.05) is 19.1 Å². The maximum atomic E-state index is 11.1. The molecule has 0 N–H and O–H groups in total. The lowest BCUT2D eigenvalue weighted by Gasteiger charge is -2.16. The Balaban J connectivity index is 2.63. The van der Waals surface area contributed by atoms with Crippen LogP contribution in [0.5, 0.6) is 0 Å². The van der Waals surface area contributed by atoms with E-state index in [1.165, 1.54) is 0 Å². The summed E-state index contributed by atoms with van der Waals surface area (Å²) >= 11 is 0. The summed E-state index contributed by atoms with van der Waals surface area (Å²) in [5.41, 5.74) is 0. The van der Waals surface area contributed by atoms with E-state index in [2.05, 4.69) is 13.5 Å². The van der Waals surface area contributed by atoms with E-state index in [1.807, 2.05) is 12.2 Å². The first-order valence-electron chi connectivity index (χ1n) is 4.56. The molecule has 0 aromatic carbocycles. The Labute approximate surface area is 74.2 Å². The van der Waals surface area contributed by atoms with E-state index in [1.54, 1.807) is 6.08 Å². The summed E-state index contributed by atoms with van der Waals surface area (Å²) in [5, 5.41) is 0. The zero-order valence-corrected chi connectivity index (χ0v) is 7.62. The van der Waals surface area contributed by atoms with Crippen LogP contribution in [0.25, 0.3) is 0 Å². The highest BCUT2D eigenvalue weighted by atomic mass is 16.1. The zero-order valence-electron chi connectivity index (χ0n) is 7.62. The monoisotopic (exact) mass is 164 g/mol. The fourth-order valence-electron chi connectivity index (χ4n) is 1.59. The van der Waals surface area contributed by atoms with E-state index >= 15 is 0 Å². The molecule has 0 spiro atoms. The van der Waals surface area contributed by atoms with Gasteiger partial charge in [-0.05, 0) is 30.8 Å². The number of carbonyl (C=O) groups is 1. The maximum absolute atomic E-state index is 11.1. The molecule has 0 saturated carbocycles. The minimum absolute atomic E-state index is 0.272. The summed E-state index contributed by atoms with van der Waals surface area (Å²) in [6.45, 7) is 5.93. The molecule has 0 radical (unpaired) electrons. The van der Waals surface area contributed by atoms with Crippen LogP contribution < -0.4 is 0 Å². The molecule has 66 valence electrons. The van der Waals surface area contributed by atoms with Gasteiger partial charge >= 0.3 is 0 Å². The van der Waals surface area contributed by atoms with Crippen LogP contribution >= 0.6 is 0 Å². The van der Waals surface area contributed by atoms with Crippen molar-refractivity contribution in [1.29, 1.82) is 0 Å². The normalized spacial score (nSPS) is 29.9. The van der Waals surface area contributed by atoms with Crippen molar-refractivity contribution in [3.63, 3.8) is 0 Å². The molecule has 1 aliphatic carbocycles. The second kappa shape index (κ2) is 4.24. The number of rotatable bonds is 2. The Morgan fingerprint density at radius 2 is 2.50 bits per heavy atom. The van der Waals surface area contributed by atoms with Gasteiger partial charge in [-0.25, -0.2) is 0 Å². The molecular formula is C11H16O. The Kier molecular flexibility index (Phi) is 3.27. The van der Waals surface area contributed by atoms with E-state index < -0.39 is 0 Å². The standard InChI is InChI=1S/C11H16O/c1-3-4-10-6-8-11(12)7-5-9(10)2/h3,6,8-10H,1,4-5,7H2,2H3/t9-,10-/m1/s1. The Hall–Kier alpha value is -0.850. The lowest BCUT2D eigenvalue weighted by Crippen LogP contribution is -2.06. The summed E-state index contributed by atoms with van der Waals surface area (Å²) in [5.74, 6) is 1.41. The average molecular weight is 164 g/mol. The number of ketones is 1. The third-order valence-electron chi connectivity index (χ3n) is 2.55. The topological polar surface area (TPSA) is 17.1 Å². The first-order chi connectivity index (χ1) is 5.74. The van der Waals surface area contributed by atoms with Gasteiger partial charge < -0.3 is 0 Å². The van der Waals surface area contributed by atoms with E-state index in [4.69, 9.17) is 0 Å². The van der Waals surface area contributed by atoms with Crippen LogP contribution in [0.4, 0.5) is 0 Å². The molecule has 0 aromatic heterocycles. The van der Waals surface area contributed by atoms with Crippen molar-refractivity contribution in [2.24, 2.45) is 11.8 Å². The summed E-state index contributed by atoms with van der Waals surface area (Å²) in [6, 6.07) is 0. The smallest absolute Gasteiger partial charge is 0.155 e. The molecule has 2 atom stereocenters. The van der Waals surface area contributed by atoms with Crippen LogP contribution in [0.2, 0.25) is 0 Å². The van der Waals surface area contributed by atoms with Gasteiger partial charge in [-0.3, -0.25) is 4.79 Å². The molecule has 1 nitrogen and oxygen atoms in total. The maximum Gasteiger partial charge on any atom is 0.155 e. The summed E-state index contributed by atoms with van der Waals surface area (Å²) in [6.07, 6.45) is 8.43. The van der Waals surface area contributed by atoms with Crippen LogP contribution in [0, 0.1) is 11.8 Å². The van der Waals surface area contributed by atoms with E-state index in [0.29, 0.717) is 18.3 Å². The molecule has 1 aliphatic rings. The largest absolute Gasteiger partial charge is 0.295 e. The van der Waals surface area contributed by atoms with Gasteiger partial charge in [0.15, 0.2) is 5.78 Å². The Morgan fingerprint density at radius 1 is 1.75 bits per heavy atom. The molecule has 0 bridgehead atoms. The van der Waals surface area contributed by atoms with E-state index in [9.17, 15) is 4.79 Å². The molecule has 0 heterocycles. The molecule has 0 saturated heterocycles. The second-order valence-electron chi connectivity index (χ2n) is 3.53. The van der Waals surface area contributed by atoms with Gasteiger partial charge in [-0.15, -0.1) is 6.58 Å². The average Bonchev–Trinajstić information content (AvgIpc) is 2.20. The van der Waals surface area contributed by atoms with E-state index in [-0.39, 0.29) is 5.78 Å². The minimum Gasteiger partial charge on any atom is -0.295 e. The predicted octanol–water partition coefficient (Wildman–Crippen LogP) is 2.73. The summed E-state index contributed by atoms with van der Waals surface area (Å²) in [4.78, 5) is 11.1. The fraction of sp³-hybridized carbons (Fsp3) is 0.545. The first-order valence-corrected chi connectivity index (χ1v) is 4.56. The lowest BCUT2D eigenvalue weighted by atomic mass is 9.89. The molecule has 0 amide bonds. The third kappa shape index (κ3) is 2.33. The number of carbonyl (C=O) groups excluding carboxylic acids is 1. The Morgan fingerprint density at radius 3 is 3.17 bits per heavy atom. The third-order valence-corrected chi connectivity index (χ3v) is 2.55. The zero-order chi connectivity index (χ0) is 8.97. The lowest BCUT2D eigenvalue weighted by molar-refractivity contribution is -0.114. The van der Waals surface area contributed by atoms with E-state index in [0.717, 1.165) is 12.8 Å². The highest BCUT2D eigenvalue weighted by molar-refractivity contribution is 5.89. The number of hydrogen-bond acceptors (Lipinski definition) is 1. The van der Waals surface area contributed by atoms with Gasteiger partial charge in [0.05, 0.1) is 0 Å². The van der Waals surface area contributed by atoms with Crippen molar-refractivity contribution in [2.75, 3.05) is 0 Å². The molecule has 0 unspecified atom stereocenters. The Bertz CT molecular complexity index is 203. The van der Waals surface area contributed by atoms with Crippen molar-refractivity contribution < 1.29 is 4.79 Å².